The standard InChI is InChI=1S/C10H16ClNOS/c1-6(2)3-8(12)10(13)9-4-7(11)5-14-9/h4-6,8,10,13H,3,12H2,1-2H3. The summed E-state index contributed by atoms with van der Waals surface area (Å²) in [7, 11) is 0. The van der Waals surface area contributed by atoms with Crippen LogP contribution in [0.4, 0.5) is 0 Å². The summed E-state index contributed by atoms with van der Waals surface area (Å²) in [6.07, 6.45) is 0.228. The number of halogens is 1. The molecule has 1 aromatic heterocycles. The summed E-state index contributed by atoms with van der Waals surface area (Å²) in [5.41, 5.74) is 5.87. The summed E-state index contributed by atoms with van der Waals surface area (Å²) < 4.78 is 0. The Bertz CT molecular complexity index is 287. The van der Waals surface area contributed by atoms with Crippen molar-refractivity contribution in [2.75, 3.05) is 0 Å². The van der Waals surface area contributed by atoms with E-state index in [-0.39, 0.29) is 6.04 Å². The molecule has 1 rings (SSSR count). The van der Waals surface area contributed by atoms with Crippen LogP contribution >= 0.6 is 22.9 Å². The predicted molar refractivity (Wildman–Crippen MR) is 61.7 cm³/mol. The molecule has 0 saturated heterocycles. The number of hydrogen-bond acceptors (Lipinski definition) is 3. The summed E-state index contributed by atoms with van der Waals surface area (Å²) in [5.74, 6) is 0.495. The molecule has 1 heterocycles. The molecule has 1 aromatic rings. The number of rotatable bonds is 4. The molecule has 4 heteroatoms. The maximum Gasteiger partial charge on any atom is 0.103 e. The third kappa shape index (κ3) is 3.24. The zero-order valence-electron chi connectivity index (χ0n) is 8.40. The zero-order chi connectivity index (χ0) is 10.7. The average molecular weight is 234 g/mol. The van der Waals surface area contributed by atoms with E-state index < -0.39 is 6.10 Å². The number of nitrogens with two attached hydrogens (primary N) is 1. The molecule has 0 saturated carbocycles. The lowest BCUT2D eigenvalue weighted by Crippen LogP contribution is -2.29. The van der Waals surface area contributed by atoms with Gasteiger partial charge in [0.05, 0.1) is 5.02 Å². The summed E-state index contributed by atoms with van der Waals surface area (Å²) in [6, 6.07) is 1.57. The quantitative estimate of drug-likeness (QED) is 0.840. The van der Waals surface area contributed by atoms with E-state index in [9.17, 15) is 5.11 Å². The highest BCUT2D eigenvalue weighted by atomic mass is 35.5. The molecule has 0 fully saturated rings. The lowest BCUT2D eigenvalue weighted by molar-refractivity contribution is 0.139. The van der Waals surface area contributed by atoms with Crippen LogP contribution in [0.5, 0.6) is 0 Å². The summed E-state index contributed by atoms with van der Waals surface area (Å²) in [5, 5.41) is 12.4. The minimum atomic E-state index is -0.588. The molecular formula is C10H16ClNOS. The van der Waals surface area contributed by atoms with E-state index in [2.05, 4.69) is 13.8 Å². The minimum absolute atomic E-state index is 0.204. The number of hydrogen-bond donors (Lipinski definition) is 2. The van der Waals surface area contributed by atoms with E-state index in [1.54, 1.807) is 6.07 Å². The van der Waals surface area contributed by atoms with Crippen molar-refractivity contribution in [3.8, 4) is 0 Å². The third-order valence-electron chi connectivity index (χ3n) is 2.03. The Morgan fingerprint density at radius 2 is 2.21 bits per heavy atom. The van der Waals surface area contributed by atoms with E-state index in [1.807, 2.05) is 5.38 Å². The first kappa shape index (κ1) is 12.0. The van der Waals surface area contributed by atoms with Gasteiger partial charge >= 0.3 is 0 Å². The van der Waals surface area contributed by atoms with Crippen LogP contribution < -0.4 is 5.73 Å². The van der Waals surface area contributed by atoms with Gasteiger partial charge in [0, 0.05) is 16.3 Å². The maximum absolute atomic E-state index is 9.88. The van der Waals surface area contributed by atoms with Crippen LogP contribution in [0.2, 0.25) is 5.02 Å². The van der Waals surface area contributed by atoms with Gasteiger partial charge in [-0.15, -0.1) is 11.3 Å². The van der Waals surface area contributed by atoms with Gasteiger partial charge in [0.25, 0.3) is 0 Å². The van der Waals surface area contributed by atoms with Crippen LogP contribution in [0.15, 0.2) is 11.4 Å². The molecule has 0 spiro atoms. The number of aliphatic hydroxyl groups excluding tert-OH is 1. The summed E-state index contributed by atoms with van der Waals surface area (Å²) in [6.45, 7) is 4.18. The fourth-order valence-corrected chi connectivity index (χ4v) is 2.51. The van der Waals surface area contributed by atoms with Crippen molar-refractivity contribution in [1.29, 1.82) is 0 Å². The molecule has 14 heavy (non-hydrogen) atoms. The SMILES string of the molecule is CC(C)CC(N)C(O)c1cc(Cl)cs1. The second-order valence-electron chi connectivity index (χ2n) is 3.91. The van der Waals surface area contributed by atoms with E-state index in [0.717, 1.165) is 11.3 Å². The monoisotopic (exact) mass is 233 g/mol. The van der Waals surface area contributed by atoms with Gasteiger partial charge in [0.15, 0.2) is 0 Å². The molecule has 0 aromatic carbocycles. The molecule has 0 aliphatic carbocycles. The van der Waals surface area contributed by atoms with E-state index in [4.69, 9.17) is 17.3 Å². The van der Waals surface area contributed by atoms with Crippen molar-refractivity contribution in [2.24, 2.45) is 11.7 Å². The fourth-order valence-electron chi connectivity index (χ4n) is 1.37. The summed E-state index contributed by atoms with van der Waals surface area (Å²) in [4.78, 5) is 0.850. The van der Waals surface area contributed by atoms with Gasteiger partial charge in [-0.2, -0.15) is 0 Å². The molecule has 2 unspecified atom stereocenters. The zero-order valence-corrected chi connectivity index (χ0v) is 9.98. The highest BCUT2D eigenvalue weighted by molar-refractivity contribution is 7.10. The van der Waals surface area contributed by atoms with Crippen LogP contribution in [-0.4, -0.2) is 11.1 Å². The van der Waals surface area contributed by atoms with Crippen molar-refractivity contribution in [2.45, 2.75) is 32.4 Å². The largest absolute Gasteiger partial charge is 0.386 e. The molecule has 0 radical (unpaired) electrons. The Balaban J connectivity index is 2.60. The van der Waals surface area contributed by atoms with Gasteiger partial charge < -0.3 is 10.8 Å². The Kier molecular flexibility index (Phi) is 4.38. The molecule has 0 amide bonds. The minimum Gasteiger partial charge on any atom is -0.386 e. The molecule has 0 aliphatic rings. The van der Waals surface area contributed by atoms with Gasteiger partial charge in [-0.3, -0.25) is 0 Å². The first-order valence-corrected chi connectivity index (χ1v) is 5.94. The Labute approximate surface area is 93.7 Å². The van der Waals surface area contributed by atoms with E-state index >= 15 is 0 Å². The van der Waals surface area contributed by atoms with Crippen molar-refractivity contribution >= 4 is 22.9 Å². The van der Waals surface area contributed by atoms with Crippen molar-refractivity contribution in [3.05, 3.63) is 21.3 Å². The average Bonchev–Trinajstić information content (AvgIpc) is 2.49. The molecular weight excluding hydrogens is 218 g/mol. The van der Waals surface area contributed by atoms with Crippen molar-refractivity contribution in [1.82, 2.24) is 0 Å². The predicted octanol–water partition coefficient (Wildman–Crippen LogP) is 2.81. The highest BCUT2D eigenvalue weighted by Crippen LogP contribution is 2.28. The van der Waals surface area contributed by atoms with Gasteiger partial charge in [-0.25, -0.2) is 0 Å². The van der Waals surface area contributed by atoms with Gasteiger partial charge in [-0.05, 0) is 18.4 Å². The van der Waals surface area contributed by atoms with Crippen molar-refractivity contribution < 1.29 is 5.11 Å². The smallest absolute Gasteiger partial charge is 0.103 e. The lowest BCUT2D eigenvalue weighted by Gasteiger charge is -2.19. The molecule has 2 atom stereocenters. The first-order valence-electron chi connectivity index (χ1n) is 4.68. The second-order valence-corrected chi connectivity index (χ2v) is 5.28. The Morgan fingerprint density at radius 3 is 2.64 bits per heavy atom. The Morgan fingerprint density at radius 1 is 1.57 bits per heavy atom. The molecule has 0 bridgehead atoms. The fraction of sp³-hybridized carbons (Fsp3) is 0.600. The topological polar surface area (TPSA) is 46.2 Å². The van der Waals surface area contributed by atoms with Crippen LogP contribution in [0.3, 0.4) is 0 Å². The van der Waals surface area contributed by atoms with Gasteiger partial charge in [0.1, 0.15) is 6.10 Å². The number of aliphatic hydroxyl groups is 1. The van der Waals surface area contributed by atoms with Gasteiger partial charge in [-0.1, -0.05) is 25.4 Å². The van der Waals surface area contributed by atoms with Crippen LogP contribution in [0.1, 0.15) is 31.2 Å². The van der Waals surface area contributed by atoms with Gasteiger partial charge in [0.2, 0.25) is 0 Å². The number of thiophene rings is 1. The maximum atomic E-state index is 9.88. The highest BCUT2D eigenvalue weighted by Gasteiger charge is 2.19. The van der Waals surface area contributed by atoms with Crippen LogP contribution in [-0.2, 0) is 0 Å². The first-order chi connectivity index (χ1) is 6.50. The molecule has 3 N–H and O–H groups in total. The van der Waals surface area contributed by atoms with Crippen LogP contribution in [0.25, 0.3) is 0 Å². The Hall–Kier alpha value is -0.0900. The second kappa shape index (κ2) is 5.12. The summed E-state index contributed by atoms with van der Waals surface area (Å²) >= 11 is 7.22. The lowest BCUT2D eigenvalue weighted by atomic mass is 9.99. The molecule has 0 aliphatic heterocycles. The van der Waals surface area contributed by atoms with E-state index in [1.165, 1.54) is 11.3 Å². The normalized spacial score (nSPS) is 15.9. The van der Waals surface area contributed by atoms with Crippen molar-refractivity contribution in [3.63, 3.8) is 0 Å². The van der Waals surface area contributed by atoms with Crippen LogP contribution in [0, 0.1) is 5.92 Å². The molecule has 80 valence electrons. The van der Waals surface area contributed by atoms with E-state index in [0.29, 0.717) is 10.9 Å². The molecule has 2 nitrogen and oxygen atoms in total. The third-order valence-corrected chi connectivity index (χ3v) is 3.38.